The molecule has 1 aromatic heterocycles. The normalized spacial score (nSPS) is 16.2. The van der Waals surface area contributed by atoms with Gasteiger partial charge in [-0.05, 0) is 65.1 Å². The molecule has 6 nitrogen and oxygen atoms in total. The van der Waals surface area contributed by atoms with E-state index in [4.69, 9.17) is 0 Å². The predicted molar refractivity (Wildman–Crippen MR) is 150 cm³/mol. The molecule has 0 spiro atoms. The van der Waals surface area contributed by atoms with Gasteiger partial charge in [-0.1, -0.05) is 36.5 Å². The van der Waals surface area contributed by atoms with Crippen LogP contribution in [0.15, 0.2) is 53.8 Å². The van der Waals surface area contributed by atoms with Gasteiger partial charge >= 0.3 is 0 Å². The van der Waals surface area contributed by atoms with Crippen LogP contribution in [0.3, 0.4) is 0 Å². The number of likely N-dealkylation sites (N-methyl/N-ethyl adjacent to an activating group) is 1. The number of thioether (sulfide) groups is 1. The highest BCUT2D eigenvalue weighted by molar-refractivity contribution is 7.99. The average Bonchev–Trinajstić information content (AvgIpc) is 3.13. The van der Waals surface area contributed by atoms with Crippen molar-refractivity contribution < 1.29 is 9.59 Å². The molecule has 0 saturated carbocycles. The van der Waals surface area contributed by atoms with E-state index in [0.717, 1.165) is 54.6 Å². The highest BCUT2D eigenvalue weighted by Gasteiger charge is 2.25. The van der Waals surface area contributed by atoms with Gasteiger partial charge in [-0.15, -0.1) is 0 Å². The van der Waals surface area contributed by atoms with Gasteiger partial charge in [0.25, 0.3) is 11.8 Å². The number of aromatic nitrogens is 1. The molecule has 1 saturated heterocycles. The van der Waals surface area contributed by atoms with Crippen LogP contribution in [0.1, 0.15) is 48.1 Å². The summed E-state index contributed by atoms with van der Waals surface area (Å²) in [6.07, 6.45) is 15.4. The van der Waals surface area contributed by atoms with Gasteiger partial charge in [-0.3, -0.25) is 9.59 Å². The predicted octanol–water partition coefficient (Wildman–Crippen LogP) is 4.86. The summed E-state index contributed by atoms with van der Waals surface area (Å²) in [5.41, 5.74) is 5.00. The van der Waals surface area contributed by atoms with Crippen molar-refractivity contribution in [2.45, 2.75) is 34.6 Å². The lowest BCUT2D eigenvalue weighted by molar-refractivity contribution is -0.116. The molecule has 0 radical (unpaired) electrons. The lowest BCUT2D eigenvalue weighted by atomic mass is 10.1. The summed E-state index contributed by atoms with van der Waals surface area (Å²) in [6, 6.07) is 0. The Kier molecular flexibility index (Phi) is 11.9. The van der Waals surface area contributed by atoms with Crippen LogP contribution in [0, 0.1) is 13.8 Å². The summed E-state index contributed by atoms with van der Waals surface area (Å²) >= 11 is 1.79. The van der Waals surface area contributed by atoms with Gasteiger partial charge in [0, 0.05) is 54.6 Å². The standard InChI is InChI=1S/C28H40N4O2S/c1-7-11-23(9-3)20-35-18-10-12-24(27(33)29-13-8-2)19-25-21(4)26(22(5)30-25)28(34)32-16-14-31(6)15-17-32/h7-13,19,30H,14-18,20H2,1-6H3,(H,29,33). The van der Waals surface area contributed by atoms with E-state index in [-0.39, 0.29) is 11.8 Å². The molecule has 190 valence electrons. The summed E-state index contributed by atoms with van der Waals surface area (Å²) in [6.45, 7) is 13.0. The third-order valence-electron chi connectivity index (χ3n) is 5.96. The Labute approximate surface area is 214 Å². The third kappa shape index (κ3) is 8.44. The van der Waals surface area contributed by atoms with E-state index < -0.39 is 0 Å². The number of H-pyrrole nitrogens is 1. The van der Waals surface area contributed by atoms with Crippen LogP contribution >= 0.6 is 11.8 Å². The number of allylic oxidation sites excluding steroid dienone is 4. The molecule has 35 heavy (non-hydrogen) atoms. The SMILES string of the molecule is CC=CNC(=O)C(C=CCSCC(C=CC)=CC)=Cc1[nH]c(C)c(C(=O)N2CCN(C)CC2)c1C. The van der Waals surface area contributed by atoms with Crippen molar-refractivity contribution in [2.75, 3.05) is 44.7 Å². The number of amides is 2. The van der Waals surface area contributed by atoms with Crippen LogP contribution < -0.4 is 5.32 Å². The summed E-state index contributed by atoms with van der Waals surface area (Å²) in [5.74, 6) is 1.57. The van der Waals surface area contributed by atoms with Crippen LogP contribution in [-0.4, -0.2) is 71.3 Å². The maximum atomic E-state index is 13.2. The number of piperazine rings is 1. The topological polar surface area (TPSA) is 68.4 Å². The monoisotopic (exact) mass is 496 g/mol. The van der Waals surface area contributed by atoms with Crippen LogP contribution in [0.2, 0.25) is 0 Å². The van der Waals surface area contributed by atoms with E-state index in [1.54, 1.807) is 24.0 Å². The first-order valence-corrected chi connectivity index (χ1v) is 13.3. The van der Waals surface area contributed by atoms with Gasteiger partial charge in [0.2, 0.25) is 0 Å². The summed E-state index contributed by atoms with van der Waals surface area (Å²) < 4.78 is 0. The second-order valence-electron chi connectivity index (χ2n) is 8.61. The molecular formula is C28H40N4O2S. The van der Waals surface area contributed by atoms with Gasteiger partial charge in [-0.2, -0.15) is 11.8 Å². The molecular weight excluding hydrogens is 456 g/mol. The molecule has 1 aliphatic heterocycles. The summed E-state index contributed by atoms with van der Waals surface area (Å²) in [5, 5.41) is 2.80. The first kappa shape index (κ1) is 28.5. The Morgan fingerprint density at radius 3 is 2.40 bits per heavy atom. The number of aromatic amines is 1. The van der Waals surface area contributed by atoms with E-state index in [1.165, 1.54) is 5.57 Å². The Balaban J connectivity index is 2.23. The van der Waals surface area contributed by atoms with Crippen molar-refractivity contribution in [3.8, 4) is 0 Å². The first-order chi connectivity index (χ1) is 16.8. The van der Waals surface area contributed by atoms with Crippen molar-refractivity contribution in [1.82, 2.24) is 20.1 Å². The van der Waals surface area contributed by atoms with Crippen molar-refractivity contribution in [2.24, 2.45) is 0 Å². The van der Waals surface area contributed by atoms with Crippen LogP contribution in [-0.2, 0) is 4.79 Å². The number of aryl methyl sites for hydroxylation is 1. The quantitative estimate of drug-likeness (QED) is 0.276. The molecule has 1 aromatic rings. The Hall–Kier alpha value is -2.77. The lowest BCUT2D eigenvalue weighted by Gasteiger charge is -2.32. The highest BCUT2D eigenvalue weighted by Crippen LogP contribution is 2.23. The summed E-state index contributed by atoms with van der Waals surface area (Å²) in [7, 11) is 2.07. The van der Waals surface area contributed by atoms with E-state index >= 15 is 0 Å². The zero-order valence-corrected chi connectivity index (χ0v) is 22.8. The summed E-state index contributed by atoms with van der Waals surface area (Å²) in [4.78, 5) is 33.6. The average molecular weight is 497 g/mol. The Bertz CT molecular complexity index is 1020. The maximum absolute atomic E-state index is 13.2. The minimum Gasteiger partial charge on any atom is -0.358 e. The Morgan fingerprint density at radius 1 is 1.06 bits per heavy atom. The van der Waals surface area contributed by atoms with E-state index in [0.29, 0.717) is 11.1 Å². The molecule has 2 rings (SSSR count). The number of nitrogens with zero attached hydrogens (tertiary/aromatic N) is 2. The van der Waals surface area contributed by atoms with Crippen LogP contribution in [0.4, 0.5) is 0 Å². The van der Waals surface area contributed by atoms with Crippen LogP contribution in [0.5, 0.6) is 0 Å². The van der Waals surface area contributed by atoms with Crippen molar-refractivity contribution in [3.05, 3.63) is 76.3 Å². The molecule has 7 heteroatoms. The molecule has 1 fully saturated rings. The minimum atomic E-state index is -0.189. The van der Waals surface area contributed by atoms with Gasteiger partial charge in [0.15, 0.2) is 0 Å². The minimum absolute atomic E-state index is 0.0526. The third-order valence-corrected chi connectivity index (χ3v) is 6.92. The molecule has 0 unspecified atom stereocenters. The molecule has 2 N–H and O–H groups in total. The number of rotatable bonds is 10. The highest BCUT2D eigenvalue weighted by atomic mass is 32.2. The van der Waals surface area contributed by atoms with E-state index in [2.05, 4.69) is 34.4 Å². The first-order valence-electron chi connectivity index (χ1n) is 12.1. The number of carbonyl (C=O) groups excluding carboxylic acids is 2. The zero-order valence-electron chi connectivity index (χ0n) is 22.0. The smallest absolute Gasteiger partial charge is 0.256 e. The van der Waals surface area contributed by atoms with Crippen molar-refractivity contribution in [1.29, 1.82) is 0 Å². The lowest BCUT2D eigenvalue weighted by Crippen LogP contribution is -2.47. The van der Waals surface area contributed by atoms with E-state index in [1.807, 2.05) is 63.8 Å². The van der Waals surface area contributed by atoms with Crippen LogP contribution in [0.25, 0.3) is 6.08 Å². The zero-order chi connectivity index (χ0) is 25.8. The van der Waals surface area contributed by atoms with E-state index in [9.17, 15) is 9.59 Å². The molecule has 0 bridgehead atoms. The molecule has 2 amide bonds. The Morgan fingerprint density at radius 2 is 1.77 bits per heavy atom. The van der Waals surface area contributed by atoms with Gasteiger partial charge in [0.05, 0.1) is 5.56 Å². The second-order valence-corrected chi connectivity index (χ2v) is 9.64. The van der Waals surface area contributed by atoms with Gasteiger partial charge < -0.3 is 20.1 Å². The van der Waals surface area contributed by atoms with Crippen molar-refractivity contribution in [3.63, 3.8) is 0 Å². The van der Waals surface area contributed by atoms with Crippen molar-refractivity contribution >= 4 is 29.7 Å². The molecule has 0 atom stereocenters. The van der Waals surface area contributed by atoms with Gasteiger partial charge in [-0.25, -0.2) is 0 Å². The maximum Gasteiger partial charge on any atom is 0.256 e. The molecule has 0 aromatic carbocycles. The fraction of sp³-hybridized carbons (Fsp3) is 0.429. The van der Waals surface area contributed by atoms with Gasteiger partial charge in [0.1, 0.15) is 0 Å². The largest absolute Gasteiger partial charge is 0.358 e. The number of hydrogen-bond donors (Lipinski definition) is 2. The number of hydrogen-bond acceptors (Lipinski definition) is 4. The number of carbonyl (C=O) groups is 2. The number of nitrogens with one attached hydrogen (secondary N) is 2. The fourth-order valence-corrected chi connectivity index (χ4v) is 4.70. The second kappa shape index (κ2) is 14.6. The fourth-order valence-electron chi connectivity index (χ4n) is 3.86. The molecule has 1 aliphatic rings. The molecule has 2 heterocycles. The molecule has 0 aliphatic carbocycles.